The Morgan fingerprint density at radius 1 is 1.39 bits per heavy atom. The molecule has 0 spiro atoms. The predicted octanol–water partition coefficient (Wildman–Crippen LogP) is 3.69. The highest BCUT2D eigenvalue weighted by Gasteiger charge is 2.34. The number of nitrogens with zero attached hydrogens (tertiary/aromatic N) is 1. The molecule has 0 aliphatic rings. The number of alkyl halides is 3. The minimum Gasteiger partial charge on any atom is -0.494 e. The molecular weight excluding hydrogens is 265 g/mol. The Morgan fingerprint density at radius 3 is 2.72 bits per heavy atom. The number of rotatable bonds is 3. The van der Waals surface area contributed by atoms with E-state index in [4.69, 9.17) is 10.5 Å². The fourth-order valence-corrected chi connectivity index (χ4v) is 2.33. The van der Waals surface area contributed by atoms with Gasteiger partial charge in [0, 0.05) is 0 Å². The van der Waals surface area contributed by atoms with Gasteiger partial charge in [-0.3, -0.25) is 0 Å². The number of fused-ring (bicyclic) bond motifs is 1. The lowest BCUT2D eigenvalue weighted by Crippen LogP contribution is -2.07. The molecule has 0 aliphatic carbocycles. The van der Waals surface area contributed by atoms with Crippen LogP contribution in [0.15, 0.2) is 12.1 Å². The van der Waals surface area contributed by atoms with Crippen molar-refractivity contribution in [2.75, 3.05) is 12.3 Å². The van der Waals surface area contributed by atoms with Gasteiger partial charge in [-0.2, -0.15) is 13.2 Å². The largest absolute Gasteiger partial charge is 0.494 e. The third-order valence-electron chi connectivity index (χ3n) is 2.26. The number of benzene rings is 1. The van der Waals surface area contributed by atoms with Crippen molar-refractivity contribution >= 4 is 26.7 Å². The Balaban J connectivity index is 2.57. The molecule has 0 atom stereocenters. The average molecular weight is 276 g/mol. The zero-order chi connectivity index (χ0) is 13.3. The van der Waals surface area contributed by atoms with Crippen LogP contribution in [0.1, 0.15) is 18.9 Å². The molecule has 0 bridgehead atoms. The minimum atomic E-state index is -4.47. The van der Waals surface area contributed by atoms with E-state index in [0.717, 1.165) is 23.8 Å². The summed E-state index contributed by atoms with van der Waals surface area (Å²) in [6.45, 7) is 2.25. The molecule has 0 amide bonds. The molecule has 2 N–H and O–H groups in total. The van der Waals surface area contributed by atoms with Gasteiger partial charge in [0.05, 0.1) is 22.4 Å². The summed E-state index contributed by atoms with van der Waals surface area (Å²) in [6, 6.07) is 2.51. The number of nitrogens with two attached hydrogens (primary N) is 1. The molecular formula is C11H11F3N2OS. The summed E-state index contributed by atoms with van der Waals surface area (Å²) in [5.41, 5.74) is 4.53. The smallest absolute Gasteiger partial charge is 0.418 e. The molecule has 0 unspecified atom stereocenters. The van der Waals surface area contributed by atoms with Gasteiger partial charge in [-0.05, 0) is 18.6 Å². The van der Waals surface area contributed by atoms with E-state index in [9.17, 15) is 13.2 Å². The minimum absolute atomic E-state index is 0.114. The second kappa shape index (κ2) is 4.64. The monoisotopic (exact) mass is 276 g/mol. The molecule has 1 aromatic heterocycles. The van der Waals surface area contributed by atoms with Gasteiger partial charge >= 0.3 is 6.18 Å². The number of nitrogen functional groups attached to an aromatic ring is 1. The van der Waals surface area contributed by atoms with Crippen molar-refractivity contribution in [3.8, 4) is 5.75 Å². The van der Waals surface area contributed by atoms with E-state index in [-0.39, 0.29) is 16.4 Å². The maximum Gasteiger partial charge on any atom is 0.418 e. The number of hydrogen-bond donors (Lipinski definition) is 1. The molecule has 98 valence electrons. The highest BCUT2D eigenvalue weighted by Crippen LogP contribution is 2.39. The highest BCUT2D eigenvalue weighted by molar-refractivity contribution is 7.22. The van der Waals surface area contributed by atoms with E-state index in [1.54, 1.807) is 0 Å². The maximum absolute atomic E-state index is 12.9. The summed E-state index contributed by atoms with van der Waals surface area (Å²) in [7, 11) is 0. The fourth-order valence-electron chi connectivity index (χ4n) is 1.54. The van der Waals surface area contributed by atoms with Crippen LogP contribution in [-0.4, -0.2) is 11.6 Å². The Kier molecular flexibility index (Phi) is 3.34. The number of anilines is 1. The third-order valence-corrected chi connectivity index (χ3v) is 3.09. The van der Waals surface area contributed by atoms with Crippen molar-refractivity contribution in [3.63, 3.8) is 0 Å². The molecule has 3 nitrogen and oxygen atoms in total. The molecule has 1 heterocycles. The fraction of sp³-hybridized carbons (Fsp3) is 0.364. The lowest BCUT2D eigenvalue weighted by Gasteiger charge is -2.10. The first-order valence-corrected chi connectivity index (χ1v) is 6.13. The van der Waals surface area contributed by atoms with Crippen LogP contribution in [0, 0.1) is 0 Å². The molecule has 0 aliphatic heterocycles. The summed E-state index contributed by atoms with van der Waals surface area (Å²) in [5.74, 6) is 0.195. The van der Waals surface area contributed by atoms with Crippen molar-refractivity contribution in [2.24, 2.45) is 0 Å². The number of ether oxygens (including phenoxy) is 1. The first kappa shape index (κ1) is 12.9. The number of hydrogen-bond acceptors (Lipinski definition) is 4. The standard InChI is InChI=1S/C11H11F3N2OS/c1-2-3-17-6-4-7(11(12,13)14)9-8(5-6)18-10(15)16-9/h4-5H,2-3H2,1H3,(H2,15,16). The Labute approximate surface area is 105 Å². The van der Waals surface area contributed by atoms with E-state index in [0.29, 0.717) is 11.3 Å². The van der Waals surface area contributed by atoms with Gasteiger partial charge in [0.1, 0.15) is 5.75 Å². The summed E-state index contributed by atoms with van der Waals surface area (Å²) in [6.07, 6.45) is -3.74. The summed E-state index contributed by atoms with van der Waals surface area (Å²) in [5, 5.41) is 0.114. The Bertz CT molecular complexity index is 565. The summed E-state index contributed by atoms with van der Waals surface area (Å²) >= 11 is 1.02. The van der Waals surface area contributed by atoms with Gasteiger partial charge in [-0.25, -0.2) is 4.98 Å². The molecule has 2 rings (SSSR count). The van der Waals surface area contributed by atoms with Crippen LogP contribution in [0.3, 0.4) is 0 Å². The molecule has 2 aromatic rings. The average Bonchev–Trinajstić information content (AvgIpc) is 2.63. The van der Waals surface area contributed by atoms with E-state index in [1.165, 1.54) is 6.07 Å². The van der Waals surface area contributed by atoms with Crippen LogP contribution in [0.4, 0.5) is 18.3 Å². The molecule has 0 saturated carbocycles. The van der Waals surface area contributed by atoms with Gasteiger partial charge in [0.2, 0.25) is 0 Å². The van der Waals surface area contributed by atoms with Gasteiger partial charge < -0.3 is 10.5 Å². The zero-order valence-corrected chi connectivity index (χ0v) is 10.4. The second-order valence-electron chi connectivity index (χ2n) is 3.72. The van der Waals surface area contributed by atoms with Gasteiger partial charge in [-0.15, -0.1) is 0 Å². The number of aromatic nitrogens is 1. The molecule has 0 saturated heterocycles. The van der Waals surface area contributed by atoms with Crippen LogP contribution in [0.5, 0.6) is 5.75 Å². The first-order chi connectivity index (χ1) is 8.41. The molecule has 18 heavy (non-hydrogen) atoms. The number of halogens is 3. The van der Waals surface area contributed by atoms with Crippen LogP contribution in [0.2, 0.25) is 0 Å². The van der Waals surface area contributed by atoms with E-state index < -0.39 is 11.7 Å². The molecule has 7 heteroatoms. The van der Waals surface area contributed by atoms with Gasteiger partial charge in [-0.1, -0.05) is 18.3 Å². The lowest BCUT2D eigenvalue weighted by atomic mass is 10.2. The summed E-state index contributed by atoms with van der Waals surface area (Å²) in [4.78, 5) is 3.72. The van der Waals surface area contributed by atoms with Crippen LogP contribution in [-0.2, 0) is 6.18 Å². The third kappa shape index (κ3) is 2.50. The SMILES string of the molecule is CCCOc1cc(C(F)(F)F)c2nc(N)sc2c1. The zero-order valence-electron chi connectivity index (χ0n) is 9.54. The molecule has 1 aromatic carbocycles. The highest BCUT2D eigenvalue weighted by atomic mass is 32.1. The van der Waals surface area contributed by atoms with E-state index >= 15 is 0 Å². The van der Waals surface area contributed by atoms with Gasteiger partial charge in [0.25, 0.3) is 0 Å². The van der Waals surface area contributed by atoms with Crippen molar-refractivity contribution in [1.82, 2.24) is 4.98 Å². The predicted molar refractivity (Wildman–Crippen MR) is 64.8 cm³/mol. The maximum atomic E-state index is 12.9. The van der Waals surface area contributed by atoms with E-state index in [1.807, 2.05) is 6.92 Å². The van der Waals surface area contributed by atoms with Crippen molar-refractivity contribution in [2.45, 2.75) is 19.5 Å². The lowest BCUT2D eigenvalue weighted by molar-refractivity contribution is -0.136. The Hall–Kier alpha value is -1.50. The van der Waals surface area contributed by atoms with Crippen molar-refractivity contribution in [3.05, 3.63) is 17.7 Å². The van der Waals surface area contributed by atoms with Crippen molar-refractivity contribution in [1.29, 1.82) is 0 Å². The van der Waals surface area contributed by atoms with Crippen LogP contribution < -0.4 is 10.5 Å². The molecule has 0 fully saturated rings. The second-order valence-corrected chi connectivity index (χ2v) is 4.78. The van der Waals surface area contributed by atoms with E-state index in [2.05, 4.69) is 4.98 Å². The normalized spacial score (nSPS) is 12.0. The number of thiazole rings is 1. The van der Waals surface area contributed by atoms with Gasteiger partial charge in [0.15, 0.2) is 5.13 Å². The van der Waals surface area contributed by atoms with Crippen LogP contribution in [0.25, 0.3) is 10.2 Å². The molecule has 0 radical (unpaired) electrons. The quantitative estimate of drug-likeness (QED) is 0.930. The first-order valence-electron chi connectivity index (χ1n) is 5.32. The summed E-state index contributed by atoms with van der Waals surface area (Å²) < 4.78 is 44.3. The van der Waals surface area contributed by atoms with Crippen molar-refractivity contribution < 1.29 is 17.9 Å². The van der Waals surface area contributed by atoms with Crippen LogP contribution >= 0.6 is 11.3 Å². The topological polar surface area (TPSA) is 48.1 Å². The Morgan fingerprint density at radius 2 is 2.11 bits per heavy atom.